The maximum atomic E-state index is 12.1. The fraction of sp³-hybridized carbons (Fsp3) is 0.0833. The molecule has 0 aliphatic rings. The van der Waals surface area contributed by atoms with Crippen LogP contribution in [0.3, 0.4) is 0 Å². The van der Waals surface area contributed by atoms with Gasteiger partial charge in [-0.1, -0.05) is 145 Å². The lowest BCUT2D eigenvalue weighted by molar-refractivity contribution is 0.114. The van der Waals surface area contributed by atoms with Gasteiger partial charge in [0, 0.05) is 108 Å². The normalized spacial score (nSPS) is 12.5. The first-order valence-electron chi connectivity index (χ1n) is 23.0. The van der Waals surface area contributed by atoms with Gasteiger partial charge in [0.1, 0.15) is 0 Å². The molecule has 1 N–H and O–H groups in total. The van der Waals surface area contributed by atoms with E-state index in [-0.39, 0.29) is 6.61 Å². The summed E-state index contributed by atoms with van der Waals surface area (Å²) in [6.07, 6.45) is 0. The summed E-state index contributed by atoms with van der Waals surface area (Å²) in [4.78, 5) is 5.08. The van der Waals surface area contributed by atoms with E-state index in [4.69, 9.17) is 4.98 Å². The molecule has 0 amide bonds. The van der Waals surface area contributed by atoms with Gasteiger partial charge in [-0.3, -0.25) is 0 Å². The zero-order chi connectivity index (χ0) is 44.9. The molecule has 5 aromatic heterocycles. The lowest BCUT2D eigenvalue weighted by Gasteiger charge is -2.34. The van der Waals surface area contributed by atoms with Crippen LogP contribution in [0.5, 0.6) is 0 Å². The van der Waals surface area contributed by atoms with Gasteiger partial charge < -0.3 is 14.2 Å². The predicted octanol–water partition coefficient (Wildman–Crippen LogP) is 17.1. The first-order chi connectivity index (χ1) is 33.6. The number of benzene rings is 9. The summed E-state index contributed by atoms with van der Waals surface area (Å²) in [5, 5.41) is 22.2. The van der Waals surface area contributed by atoms with Crippen LogP contribution < -0.4 is 0 Å². The molecule has 0 fully saturated rings. The Balaban J connectivity index is 0.917. The predicted molar refractivity (Wildman–Crippen MR) is 295 cm³/mol. The molecule has 0 saturated heterocycles. The quantitative estimate of drug-likeness (QED) is 0.139. The Labute approximate surface area is 408 Å². The molecule has 0 atom stereocenters. The highest BCUT2D eigenvalue weighted by molar-refractivity contribution is 8.01. The third-order valence-electron chi connectivity index (χ3n) is 14.1. The first-order valence-corrected chi connectivity index (χ1v) is 26.5. The molecule has 0 saturated carbocycles. The summed E-state index contributed by atoms with van der Waals surface area (Å²) >= 11 is 7.26. The molecule has 4 nitrogen and oxygen atoms in total. The van der Waals surface area contributed by atoms with E-state index in [9.17, 15) is 5.11 Å². The summed E-state index contributed by atoms with van der Waals surface area (Å²) in [6.45, 7) is 1.21. The minimum atomic E-state index is -0.603. The topological polar surface area (TPSA) is 43.0 Å². The molecule has 14 aromatic rings. The van der Waals surface area contributed by atoms with Crippen molar-refractivity contribution in [3.05, 3.63) is 194 Å². The van der Waals surface area contributed by atoms with Gasteiger partial charge in [-0.25, -0.2) is 4.98 Å². The number of hydrogen-bond acceptors (Lipinski definition) is 6. The van der Waals surface area contributed by atoms with Gasteiger partial charge in [0.25, 0.3) is 0 Å². The van der Waals surface area contributed by atoms with E-state index in [1.165, 1.54) is 111 Å². The second kappa shape index (κ2) is 15.9. The van der Waals surface area contributed by atoms with Gasteiger partial charge in [-0.05, 0) is 82.9 Å². The summed E-state index contributed by atoms with van der Waals surface area (Å²) in [5.41, 5.74) is 10.0. The number of aliphatic hydroxyl groups is 1. The molecule has 5 heterocycles. The number of thiazole rings is 1. The number of thioether (sulfide) groups is 1. The number of hydrogen-bond donors (Lipinski definition) is 1. The fourth-order valence-electron chi connectivity index (χ4n) is 10.8. The van der Waals surface area contributed by atoms with Crippen LogP contribution in [-0.2, 0) is 13.1 Å². The Morgan fingerprint density at radius 3 is 1.41 bits per heavy atom. The van der Waals surface area contributed by atoms with E-state index < -0.39 is 5.41 Å². The summed E-state index contributed by atoms with van der Waals surface area (Å²) in [6, 6.07) is 71.0. The number of aromatic nitrogens is 3. The monoisotopic (exact) mass is 947 g/mol. The molecule has 14 rings (SSSR count). The molecule has 0 aliphatic carbocycles. The number of rotatable bonds is 10. The van der Waals surface area contributed by atoms with E-state index >= 15 is 0 Å². The first kappa shape index (κ1) is 40.3. The number of thiophene rings is 2. The maximum Gasteiger partial charge on any atom is 0.151 e. The van der Waals surface area contributed by atoms with Crippen molar-refractivity contribution in [3.8, 4) is 22.3 Å². The van der Waals surface area contributed by atoms with Crippen molar-refractivity contribution >= 4 is 140 Å². The van der Waals surface area contributed by atoms with Crippen molar-refractivity contribution in [2.45, 2.75) is 17.4 Å². The van der Waals surface area contributed by atoms with Gasteiger partial charge in [-0.15, -0.1) is 34.0 Å². The van der Waals surface area contributed by atoms with Gasteiger partial charge in [0.15, 0.2) is 4.34 Å². The third-order valence-corrected chi connectivity index (χ3v) is 19.0. The average molecular weight is 948 g/mol. The van der Waals surface area contributed by atoms with Crippen LogP contribution in [-0.4, -0.2) is 31.6 Å². The highest BCUT2D eigenvalue weighted by Crippen LogP contribution is 2.45. The summed E-state index contributed by atoms with van der Waals surface area (Å²) < 4.78 is 12.4. The highest BCUT2D eigenvalue weighted by Gasteiger charge is 2.34. The smallest absolute Gasteiger partial charge is 0.151 e. The van der Waals surface area contributed by atoms with Crippen molar-refractivity contribution in [1.82, 2.24) is 14.1 Å². The highest BCUT2D eigenvalue weighted by atomic mass is 32.2. The van der Waals surface area contributed by atoms with Crippen LogP contribution in [0.4, 0.5) is 0 Å². The van der Waals surface area contributed by atoms with Crippen LogP contribution in [0.15, 0.2) is 198 Å². The number of nitrogens with zero attached hydrogens (tertiary/aromatic N) is 3. The van der Waals surface area contributed by atoms with E-state index in [0.717, 1.165) is 9.86 Å². The summed E-state index contributed by atoms with van der Waals surface area (Å²) in [7, 11) is 0. The molecule has 0 unspecified atom stereocenters. The zero-order valence-corrected chi connectivity index (χ0v) is 40.0. The van der Waals surface area contributed by atoms with Crippen LogP contribution in [0.2, 0.25) is 0 Å². The number of para-hydroxylation sites is 3. The lowest BCUT2D eigenvalue weighted by atomic mass is 9.90. The molecule has 0 spiro atoms. The Bertz CT molecular complexity index is 4030. The third kappa shape index (κ3) is 6.39. The van der Waals surface area contributed by atoms with E-state index in [0.29, 0.717) is 18.8 Å². The van der Waals surface area contributed by atoms with Gasteiger partial charge in [-0.2, -0.15) is 0 Å². The Hall–Kier alpha value is -6.78. The molecule has 326 valence electrons. The Kier molecular flexibility index (Phi) is 9.43. The van der Waals surface area contributed by atoms with Crippen molar-refractivity contribution in [3.63, 3.8) is 0 Å². The standard InChI is InChI=1S/C60H41N3OS4/c64-35-60(36-65-59-61-49-21-5-10-26-56(49)68-59,33-62-50-22-6-1-13-41(50)47-31-37(27-29-52(47)62)39-17-11-19-45-43-15-3-8-24-54(43)66-57(39)45)34-63-51-23-7-2-14-42(51)48-32-38(28-30-53(48)63)40-18-12-20-46-44-16-4-9-25-55(44)67-58(40)46/h1-32,64H,33-36H2. The fourth-order valence-corrected chi connectivity index (χ4v) is 15.5. The van der Waals surface area contributed by atoms with Gasteiger partial charge >= 0.3 is 0 Å². The molecule has 8 heteroatoms. The minimum Gasteiger partial charge on any atom is -0.396 e. The van der Waals surface area contributed by atoms with Crippen molar-refractivity contribution in [1.29, 1.82) is 0 Å². The van der Waals surface area contributed by atoms with Crippen molar-refractivity contribution in [2.75, 3.05) is 12.4 Å². The molecule has 0 bridgehead atoms. The van der Waals surface area contributed by atoms with Crippen LogP contribution in [0.25, 0.3) is 116 Å². The van der Waals surface area contributed by atoms with Crippen molar-refractivity contribution < 1.29 is 5.11 Å². The molecular weight excluding hydrogens is 907 g/mol. The number of aliphatic hydroxyl groups excluding tert-OH is 1. The van der Waals surface area contributed by atoms with Crippen LogP contribution >= 0.6 is 45.8 Å². The van der Waals surface area contributed by atoms with E-state index in [1.807, 2.05) is 22.7 Å². The van der Waals surface area contributed by atoms with E-state index in [2.05, 4.69) is 203 Å². The molecular formula is C60H41N3OS4. The molecule has 68 heavy (non-hydrogen) atoms. The Morgan fingerprint density at radius 1 is 0.426 bits per heavy atom. The largest absolute Gasteiger partial charge is 0.396 e. The second-order valence-electron chi connectivity index (χ2n) is 18.1. The van der Waals surface area contributed by atoms with Gasteiger partial charge in [0.2, 0.25) is 0 Å². The average Bonchev–Trinajstić information content (AvgIpc) is 4.22. The minimum absolute atomic E-state index is 0.00900. The molecule has 0 radical (unpaired) electrons. The van der Waals surface area contributed by atoms with Crippen LogP contribution in [0.1, 0.15) is 0 Å². The second-order valence-corrected chi connectivity index (χ2v) is 22.5. The van der Waals surface area contributed by atoms with E-state index in [1.54, 1.807) is 23.1 Å². The van der Waals surface area contributed by atoms with Crippen LogP contribution in [0, 0.1) is 5.41 Å². The molecule has 0 aliphatic heterocycles. The number of fused-ring (bicyclic) bond motifs is 13. The molecule has 9 aromatic carbocycles. The zero-order valence-electron chi connectivity index (χ0n) is 36.7. The lowest BCUT2D eigenvalue weighted by Crippen LogP contribution is -2.38. The maximum absolute atomic E-state index is 12.1. The van der Waals surface area contributed by atoms with Gasteiger partial charge in [0.05, 0.1) is 16.8 Å². The summed E-state index contributed by atoms with van der Waals surface area (Å²) in [5.74, 6) is 0.670. The Morgan fingerprint density at radius 2 is 0.882 bits per heavy atom. The SMILES string of the molecule is OCC(CSc1nc2ccccc2s1)(Cn1c2ccccc2c2cc(-c3cccc4c3sc3ccccc34)ccc21)Cn1c2ccccc2c2cc(-c3cccc4c3sc3ccccc34)ccc21. The van der Waals surface area contributed by atoms with Crippen molar-refractivity contribution in [2.24, 2.45) is 5.41 Å².